The van der Waals surface area contributed by atoms with Gasteiger partial charge in [-0.2, -0.15) is 17.4 Å². The van der Waals surface area contributed by atoms with Crippen LogP contribution in [0.1, 0.15) is 39.0 Å². The molecule has 7 heteroatoms. The van der Waals surface area contributed by atoms with Crippen molar-refractivity contribution >= 4 is 16.2 Å². The van der Waals surface area contributed by atoms with Gasteiger partial charge in [0.15, 0.2) is 0 Å². The Balaban J connectivity index is 2.48. The topological polar surface area (TPSA) is 75.7 Å². The van der Waals surface area contributed by atoms with E-state index in [4.69, 9.17) is 0 Å². The fraction of sp³-hybridized carbons (Fsp3) is 0.909. The number of ether oxygens (including phenoxy) is 1. The average molecular weight is 278 g/mol. The van der Waals surface area contributed by atoms with Crippen LogP contribution in [-0.2, 0) is 19.7 Å². The van der Waals surface area contributed by atoms with Gasteiger partial charge >= 0.3 is 5.97 Å². The number of hydrogen-bond acceptors (Lipinski definition) is 4. The fourth-order valence-electron chi connectivity index (χ4n) is 2.10. The molecule has 1 rings (SSSR count). The lowest BCUT2D eigenvalue weighted by Crippen LogP contribution is -2.46. The molecular weight excluding hydrogens is 256 g/mol. The number of nitrogens with zero attached hydrogens (tertiary/aromatic N) is 1. The van der Waals surface area contributed by atoms with E-state index in [1.165, 1.54) is 10.7 Å². The van der Waals surface area contributed by atoms with Crippen LogP contribution >= 0.6 is 0 Å². The first-order valence-corrected chi connectivity index (χ1v) is 7.79. The third-order valence-corrected chi connectivity index (χ3v) is 4.74. The van der Waals surface area contributed by atoms with Crippen LogP contribution in [0.25, 0.3) is 0 Å². The third-order valence-electron chi connectivity index (χ3n) is 3.17. The van der Waals surface area contributed by atoms with Gasteiger partial charge in [0.2, 0.25) is 0 Å². The van der Waals surface area contributed by atoms with E-state index in [0.717, 1.165) is 25.7 Å². The summed E-state index contributed by atoms with van der Waals surface area (Å²) in [7, 11) is -2.03. The molecule has 1 aliphatic rings. The van der Waals surface area contributed by atoms with Crippen LogP contribution in [0.4, 0.5) is 0 Å². The summed E-state index contributed by atoms with van der Waals surface area (Å²) in [6.45, 7) is 1.62. The maximum Gasteiger partial charge on any atom is 0.321 e. The lowest BCUT2D eigenvalue weighted by atomic mass is 9.96. The summed E-state index contributed by atoms with van der Waals surface area (Å²) >= 11 is 0. The molecule has 0 unspecified atom stereocenters. The summed E-state index contributed by atoms with van der Waals surface area (Å²) in [4.78, 5) is 11.1. The molecule has 0 amide bonds. The van der Waals surface area contributed by atoms with Crippen molar-refractivity contribution in [3.63, 3.8) is 0 Å². The van der Waals surface area contributed by atoms with Gasteiger partial charge in [-0.05, 0) is 19.8 Å². The van der Waals surface area contributed by atoms with Gasteiger partial charge in [0.25, 0.3) is 10.2 Å². The van der Waals surface area contributed by atoms with E-state index in [1.54, 1.807) is 14.0 Å². The van der Waals surface area contributed by atoms with Gasteiger partial charge in [0.1, 0.15) is 6.54 Å². The predicted octanol–water partition coefficient (Wildman–Crippen LogP) is 0.648. The van der Waals surface area contributed by atoms with Crippen LogP contribution in [-0.4, -0.2) is 44.9 Å². The minimum atomic E-state index is -3.59. The molecule has 0 heterocycles. The molecule has 1 fully saturated rings. The number of carbonyl (C=O) groups is 1. The van der Waals surface area contributed by atoms with Crippen LogP contribution in [0.5, 0.6) is 0 Å². The van der Waals surface area contributed by atoms with Gasteiger partial charge in [-0.25, -0.2) is 0 Å². The van der Waals surface area contributed by atoms with Gasteiger partial charge in [-0.1, -0.05) is 19.3 Å². The van der Waals surface area contributed by atoms with Crippen molar-refractivity contribution < 1.29 is 17.9 Å². The highest BCUT2D eigenvalue weighted by Gasteiger charge is 2.27. The Morgan fingerprint density at radius 2 is 1.94 bits per heavy atom. The first-order chi connectivity index (χ1) is 8.47. The third kappa shape index (κ3) is 4.55. The van der Waals surface area contributed by atoms with E-state index in [-0.39, 0.29) is 19.2 Å². The van der Waals surface area contributed by atoms with E-state index in [2.05, 4.69) is 9.46 Å². The molecule has 0 aliphatic heterocycles. The van der Waals surface area contributed by atoms with Gasteiger partial charge in [0.05, 0.1) is 6.61 Å². The Kier molecular flexibility index (Phi) is 6.04. The standard InChI is InChI=1S/C11H22N2O4S/c1-3-17-11(14)9-12-18(15,16)13(2)10-7-5-4-6-8-10/h10,12H,3-9H2,1-2H3. The molecular formula is C11H22N2O4S. The Hall–Kier alpha value is -0.660. The van der Waals surface area contributed by atoms with Crippen LogP contribution in [0, 0.1) is 0 Å². The molecule has 0 aromatic rings. The van der Waals surface area contributed by atoms with Crippen LogP contribution < -0.4 is 4.72 Å². The number of rotatable bonds is 6. The SMILES string of the molecule is CCOC(=O)CNS(=O)(=O)N(C)C1CCCCC1. The van der Waals surface area contributed by atoms with Gasteiger partial charge in [0, 0.05) is 13.1 Å². The summed E-state index contributed by atoms with van der Waals surface area (Å²) in [6, 6.07) is 0.0402. The molecule has 0 saturated heterocycles. The summed E-state index contributed by atoms with van der Waals surface area (Å²) in [5.74, 6) is -0.557. The highest BCUT2D eigenvalue weighted by atomic mass is 32.2. The van der Waals surface area contributed by atoms with Gasteiger partial charge in [-0.3, -0.25) is 4.79 Å². The van der Waals surface area contributed by atoms with Crippen LogP contribution in [0.15, 0.2) is 0 Å². The second kappa shape index (κ2) is 7.06. The first-order valence-electron chi connectivity index (χ1n) is 6.35. The van der Waals surface area contributed by atoms with Crippen molar-refractivity contribution in [2.75, 3.05) is 20.2 Å². The smallest absolute Gasteiger partial charge is 0.321 e. The monoisotopic (exact) mass is 278 g/mol. The summed E-state index contributed by atoms with van der Waals surface area (Å²) in [5.41, 5.74) is 0. The lowest BCUT2D eigenvalue weighted by molar-refractivity contribution is -0.141. The quantitative estimate of drug-likeness (QED) is 0.724. The zero-order valence-corrected chi connectivity index (χ0v) is 11.8. The predicted molar refractivity (Wildman–Crippen MR) is 68.2 cm³/mol. The van der Waals surface area contributed by atoms with E-state index in [9.17, 15) is 13.2 Å². The molecule has 0 radical (unpaired) electrons. The highest BCUT2D eigenvalue weighted by molar-refractivity contribution is 7.87. The fourth-order valence-corrected chi connectivity index (χ4v) is 3.21. The zero-order valence-electron chi connectivity index (χ0n) is 11.0. The lowest BCUT2D eigenvalue weighted by Gasteiger charge is -2.30. The first kappa shape index (κ1) is 15.4. The maximum absolute atomic E-state index is 11.9. The molecule has 0 spiro atoms. The highest BCUT2D eigenvalue weighted by Crippen LogP contribution is 2.22. The Morgan fingerprint density at radius 1 is 1.33 bits per heavy atom. The maximum atomic E-state index is 11.9. The second-order valence-electron chi connectivity index (χ2n) is 4.44. The van der Waals surface area contributed by atoms with Gasteiger partial charge in [-0.15, -0.1) is 0 Å². The van der Waals surface area contributed by atoms with Crippen LogP contribution in [0.3, 0.4) is 0 Å². The van der Waals surface area contributed by atoms with Crippen molar-refractivity contribution in [3.05, 3.63) is 0 Å². The number of hydrogen-bond donors (Lipinski definition) is 1. The summed E-state index contributed by atoms with van der Waals surface area (Å²) in [5, 5.41) is 0. The van der Waals surface area contributed by atoms with E-state index < -0.39 is 16.2 Å². The normalized spacial score (nSPS) is 17.9. The number of esters is 1. The van der Waals surface area contributed by atoms with Crippen molar-refractivity contribution in [3.8, 4) is 0 Å². The largest absolute Gasteiger partial charge is 0.465 e. The molecule has 0 aromatic carbocycles. The van der Waals surface area contributed by atoms with Crippen LogP contribution in [0.2, 0.25) is 0 Å². The molecule has 1 aliphatic carbocycles. The molecule has 1 N–H and O–H groups in total. The van der Waals surface area contributed by atoms with Crippen molar-refractivity contribution in [2.24, 2.45) is 0 Å². The number of carbonyl (C=O) groups excluding carboxylic acids is 1. The molecule has 1 saturated carbocycles. The molecule has 6 nitrogen and oxygen atoms in total. The second-order valence-corrected chi connectivity index (χ2v) is 6.25. The van der Waals surface area contributed by atoms with E-state index in [1.807, 2.05) is 0 Å². The Bertz CT molecular complexity index is 363. The molecule has 0 aromatic heterocycles. The van der Waals surface area contributed by atoms with E-state index in [0.29, 0.717) is 0 Å². The minimum absolute atomic E-state index is 0.0402. The molecule has 106 valence electrons. The van der Waals surface area contributed by atoms with Gasteiger partial charge < -0.3 is 4.74 Å². The zero-order chi connectivity index (χ0) is 13.6. The molecule has 18 heavy (non-hydrogen) atoms. The van der Waals surface area contributed by atoms with Crippen molar-refractivity contribution in [1.82, 2.24) is 9.03 Å². The average Bonchev–Trinajstić information content (AvgIpc) is 2.37. The molecule has 0 atom stereocenters. The minimum Gasteiger partial charge on any atom is -0.465 e. The van der Waals surface area contributed by atoms with E-state index >= 15 is 0 Å². The Labute approximate surface area is 109 Å². The molecule has 0 bridgehead atoms. The van der Waals surface area contributed by atoms with Crippen molar-refractivity contribution in [1.29, 1.82) is 0 Å². The number of nitrogens with one attached hydrogen (secondary N) is 1. The Morgan fingerprint density at radius 3 is 2.50 bits per heavy atom. The summed E-state index contributed by atoms with van der Waals surface area (Å²) in [6.07, 6.45) is 5.05. The van der Waals surface area contributed by atoms with Crippen molar-refractivity contribution in [2.45, 2.75) is 45.1 Å². The summed E-state index contributed by atoms with van der Waals surface area (Å²) < 4.78 is 32.2.